The Morgan fingerprint density at radius 1 is 0.978 bits per heavy atom. The second kappa shape index (κ2) is 11.9. The zero-order valence-electron chi connectivity index (χ0n) is 24.2. The third-order valence-corrected chi connectivity index (χ3v) is 8.10. The van der Waals surface area contributed by atoms with Crippen molar-refractivity contribution in [3.63, 3.8) is 0 Å². The Kier molecular flexibility index (Phi) is 8.00. The predicted molar refractivity (Wildman–Crippen MR) is 163 cm³/mol. The summed E-state index contributed by atoms with van der Waals surface area (Å²) in [6, 6.07) is 14.9. The van der Waals surface area contributed by atoms with Gasteiger partial charge in [0.15, 0.2) is 5.69 Å². The molecule has 4 heterocycles. The van der Waals surface area contributed by atoms with Crippen molar-refractivity contribution in [2.45, 2.75) is 45.3 Å². The number of nitrogens with zero attached hydrogens (tertiary/aromatic N) is 6. The fourth-order valence-corrected chi connectivity index (χ4v) is 5.63. The van der Waals surface area contributed by atoms with Gasteiger partial charge in [-0.3, -0.25) is 19.1 Å². The summed E-state index contributed by atoms with van der Waals surface area (Å²) in [5.41, 5.74) is 3.19. The minimum atomic E-state index is -4.68. The number of pyridine rings is 1. The Morgan fingerprint density at radius 2 is 1.80 bits per heavy atom. The standard InChI is InChI=1S/C32H27ClF3N7O2/c1-18-6-8-22-20-10-11-37-26(13-20)28(5-3-4-19(2)31(45)39-25(22)12-18)42-17-38-24(15-30(42)44)23-14-21(33)7-9-27(23)43-16-29(40-41-43)32(34,35)36/h6-17,19,28H,3-5H2,1-2H3,(H,39,45). The zero-order valence-corrected chi connectivity index (χ0v) is 25.0. The van der Waals surface area contributed by atoms with Crippen LogP contribution in [0.5, 0.6) is 0 Å². The van der Waals surface area contributed by atoms with Crippen molar-refractivity contribution in [3.8, 4) is 28.1 Å². The van der Waals surface area contributed by atoms with E-state index in [2.05, 4.69) is 25.6 Å². The van der Waals surface area contributed by atoms with Crippen molar-refractivity contribution in [1.29, 1.82) is 0 Å². The van der Waals surface area contributed by atoms with E-state index >= 15 is 0 Å². The van der Waals surface area contributed by atoms with Gasteiger partial charge in [0.2, 0.25) is 5.91 Å². The van der Waals surface area contributed by atoms with Crippen molar-refractivity contribution < 1.29 is 18.0 Å². The van der Waals surface area contributed by atoms with Gasteiger partial charge in [-0.1, -0.05) is 42.3 Å². The van der Waals surface area contributed by atoms with Crippen LogP contribution in [0, 0.1) is 12.8 Å². The van der Waals surface area contributed by atoms with Crippen LogP contribution in [0.15, 0.2) is 78.1 Å². The molecule has 13 heteroatoms. The Morgan fingerprint density at radius 3 is 2.56 bits per heavy atom. The van der Waals surface area contributed by atoms with Gasteiger partial charge in [0.25, 0.3) is 5.56 Å². The number of hydrogen-bond acceptors (Lipinski definition) is 6. The summed E-state index contributed by atoms with van der Waals surface area (Å²) in [6.07, 6.45) is 0.902. The SMILES string of the molecule is Cc1ccc2c(c1)NC(=O)C(C)CCCC(n1cnc(-c3cc(Cl)ccc3-n3cc(C(F)(F)F)nn3)cc1=O)c1cc-2ccn1. The first-order valence-corrected chi connectivity index (χ1v) is 14.6. The van der Waals surface area contributed by atoms with Gasteiger partial charge in [0, 0.05) is 40.0 Å². The highest BCUT2D eigenvalue weighted by atomic mass is 35.5. The highest BCUT2D eigenvalue weighted by Crippen LogP contribution is 2.34. The van der Waals surface area contributed by atoms with Crippen LogP contribution in [-0.4, -0.2) is 35.4 Å². The van der Waals surface area contributed by atoms with Gasteiger partial charge < -0.3 is 5.32 Å². The van der Waals surface area contributed by atoms with Gasteiger partial charge in [-0.05, 0) is 67.3 Å². The summed E-state index contributed by atoms with van der Waals surface area (Å²) in [5.74, 6) is -0.346. The summed E-state index contributed by atoms with van der Waals surface area (Å²) in [7, 11) is 0. The highest BCUT2D eigenvalue weighted by Gasteiger charge is 2.35. The second-order valence-electron chi connectivity index (χ2n) is 11.1. The number of carbonyl (C=O) groups excluding carboxylic acids is 1. The van der Waals surface area contributed by atoms with Crippen molar-refractivity contribution in [3.05, 3.63) is 106 Å². The average molecular weight is 634 g/mol. The Labute approximate surface area is 260 Å². The van der Waals surface area contributed by atoms with E-state index in [9.17, 15) is 22.8 Å². The summed E-state index contributed by atoms with van der Waals surface area (Å²) in [6.45, 7) is 3.84. The van der Waals surface area contributed by atoms with E-state index in [1.807, 2.05) is 44.2 Å². The third kappa shape index (κ3) is 6.23. The van der Waals surface area contributed by atoms with Crippen LogP contribution in [0.4, 0.5) is 18.9 Å². The lowest BCUT2D eigenvalue weighted by molar-refractivity contribution is -0.141. The first kappa shape index (κ1) is 30.2. The Bertz CT molecular complexity index is 1970. The lowest BCUT2D eigenvalue weighted by Gasteiger charge is -2.23. The van der Waals surface area contributed by atoms with Crippen molar-refractivity contribution in [1.82, 2.24) is 29.5 Å². The molecule has 0 spiro atoms. The van der Waals surface area contributed by atoms with Crippen molar-refractivity contribution in [2.75, 3.05) is 5.32 Å². The number of anilines is 1. The molecule has 6 rings (SSSR count). The second-order valence-corrected chi connectivity index (χ2v) is 11.5. The number of fused-ring (bicyclic) bond motifs is 4. The number of amides is 1. The van der Waals surface area contributed by atoms with Gasteiger partial charge in [-0.25, -0.2) is 9.67 Å². The number of halogens is 4. The first-order chi connectivity index (χ1) is 21.5. The molecule has 45 heavy (non-hydrogen) atoms. The van der Waals surface area contributed by atoms with Gasteiger partial charge in [0.05, 0.1) is 35.6 Å². The lowest BCUT2D eigenvalue weighted by Crippen LogP contribution is -2.27. The molecule has 5 aromatic rings. The molecule has 0 radical (unpaired) electrons. The topological polar surface area (TPSA) is 108 Å². The zero-order chi connectivity index (χ0) is 31.9. The van der Waals surface area contributed by atoms with Crippen LogP contribution in [0.2, 0.25) is 5.02 Å². The van der Waals surface area contributed by atoms with Crippen LogP contribution in [0.1, 0.15) is 49.2 Å². The van der Waals surface area contributed by atoms with E-state index in [4.69, 9.17) is 11.6 Å². The smallest absolute Gasteiger partial charge is 0.325 e. The van der Waals surface area contributed by atoms with Gasteiger partial charge >= 0.3 is 6.18 Å². The quantitative estimate of drug-likeness (QED) is 0.232. The van der Waals surface area contributed by atoms with E-state index in [-0.39, 0.29) is 23.2 Å². The lowest BCUT2D eigenvalue weighted by atomic mass is 9.95. The van der Waals surface area contributed by atoms with Crippen LogP contribution in [-0.2, 0) is 11.0 Å². The van der Waals surface area contributed by atoms with E-state index in [0.29, 0.717) is 41.2 Å². The van der Waals surface area contributed by atoms with Crippen LogP contribution >= 0.6 is 11.6 Å². The summed E-state index contributed by atoms with van der Waals surface area (Å²) >= 11 is 6.24. The molecule has 2 atom stereocenters. The van der Waals surface area contributed by atoms with Crippen molar-refractivity contribution >= 4 is 23.2 Å². The first-order valence-electron chi connectivity index (χ1n) is 14.2. The van der Waals surface area contributed by atoms with E-state index in [0.717, 1.165) is 27.6 Å². The molecular weight excluding hydrogens is 607 g/mol. The number of hydrogen-bond donors (Lipinski definition) is 1. The Balaban J connectivity index is 1.42. The number of rotatable bonds is 3. The number of aryl methyl sites for hydroxylation is 1. The average Bonchev–Trinajstić information content (AvgIpc) is 3.50. The van der Waals surface area contributed by atoms with E-state index in [1.165, 1.54) is 35.2 Å². The highest BCUT2D eigenvalue weighted by molar-refractivity contribution is 6.31. The van der Waals surface area contributed by atoms with Crippen LogP contribution in [0.3, 0.4) is 0 Å². The maximum Gasteiger partial charge on any atom is 0.436 e. The minimum Gasteiger partial charge on any atom is -0.325 e. The molecule has 1 aliphatic heterocycles. The Hall–Kier alpha value is -4.84. The summed E-state index contributed by atoms with van der Waals surface area (Å²) < 4.78 is 42.1. The minimum absolute atomic E-state index is 0.0801. The number of carbonyl (C=O) groups is 1. The van der Waals surface area contributed by atoms with Crippen LogP contribution in [0.25, 0.3) is 28.1 Å². The molecule has 0 saturated carbocycles. The van der Waals surface area contributed by atoms with Gasteiger partial charge in [0.1, 0.15) is 0 Å². The van der Waals surface area contributed by atoms with E-state index in [1.54, 1.807) is 6.20 Å². The van der Waals surface area contributed by atoms with Gasteiger partial charge in [-0.15, -0.1) is 5.10 Å². The molecular formula is C32H27ClF3N7O2. The molecule has 2 aromatic carbocycles. The maximum absolute atomic E-state index is 13.7. The molecule has 2 bridgehead atoms. The van der Waals surface area contributed by atoms with Crippen molar-refractivity contribution in [2.24, 2.45) is 5.92 Å². The number of nitrogens with one attached hydrogen (secondary N) is 1. The monoisotopic (exact) mass is 633 g/mol. The molecule has 9 nitrogen and oxygen atoms in total. The molecule has 3 aromatic heterocycles. The summed E-state index contributed by atoms with van der Waals surface area (Å²) in [4.78, 5) is 35.9. The fraction of sp³-hybridized carbons (Fsp3) is 0.250. The molecule has 1 amide bonds. The summed E-state index contributed by atoms with van der Waals surface area (Å²) in [5, 5.41) is 10.2. The molecule has 1 aliphatic rings. The number of benzene rings is 2. The fourth-order valence-electron chi connectivity index (χ4n) is 5.46. The molecule has 1 N–H and O–H groups in total. The number of aromatic nitrogens is 6. The molecule has 2 unspecified atom stereocenters. The number of alkyl halides is 3. The molecule has 230 valence electrons. The molecule has 0 aliphatic carbocycles. The van der Waals surface area contributed by atoms with Crippen LogP contribution < -0.4 is 10.9 Å². The normalized spacial score (nSPS) is 17.2. The molecule has 0 saturated heterocycles. The maximum atomic E-state index is 13.7. The largest absolute Gasteiger partial charge is 0.436 e. The van der Waals surface area contributed by atoms with Gasteiger partial charge in [-0.2, -0.15) is 13.2 Å². The third-order valence-electron chi connectivity index (χ3n) is 7.87. The molecule has 0 fully saturated rings. The predicted octanol–water partition coefficient (Wildman–Crippen LogP) is 6.88. The van der Waals surface area contributed by atoms with E-state index < -0.39 is 23.5 Å².